The van der Waals surface area contributed by atoms with Crippen molar-refractivity contribution in [3.05, 3.63) is 34.9 Å². The number of hydrogen-bond donors (Lipinski definition) is 1. The molecule has 0 fully saturated rings. The zero-order chi connectivity index (χ0) is 12.9. The van der Waals surface area contributed by atoms with E-state index in [9.17, 15) is 8.42 Å². The molecular formula is C10H15N4O2S+. The van der Waals surface area contributed by atoms with Gasteiger partial charge in [-0.2, -0.15) is 8.42 Å². The molecule has 0 aromatic heterocycles. The SMILES string of the molecule is Cc1ccc(S(=O)(=O)N(CCCN)[N+]#N)cc1. The van der Waals surface area contributed by atoms with Crippen LogP contribution in [0.5, 0.6) is 0 Å². The number of nitrogens with two attached hydrogens (primary N) is 1. The zero-order valence-corrected chi connectivity index (χ0v) is 10.4. The molecule has 17 heavy (non-hydrogen) atoms. The lowest BCUT2D eigenvalue weighted by Crippen LogP contribution is -2.26. The lowest BCUT2D eigenvalue weighted by atomic mass is 10.2. The Labute approximate surface area is 101 Å². The minimum atomic E-state index is -3.78. The first-order chi connectivity index (χ1) is 8.02. The molecule has 0 atom stereocenters. The summed E-state index contributed by atoms with van der Waals surface area (Å²) in [6, 6.07) is 6.33. The number of benzene rings is 1. The van der Waals surface area contributed by atoms with Crippen molar-refractivity contribution in [3.63, 3.8) is 0 Å². The molecule has 0 bridgehead atoms. The van der Waals surface area contributed by atoms with E-state index >= 15 is 0 Å². The first-order valence-corrected chi connectivity index (χ1v) is 6.61. The number of nitrogens with zero attached hydrogens (tertiary/aromatic N) is 3. The van der Waals surface area contributed by atoms with Crippen molar-refractivity contribution in [3.8, 4) is 0 Å². The van der Waals surface area contributed by atoms with Gasteiger partial charge in [0, 0.05) is 0 Å². The molecule has 0 aliphatic rings. The van der Waals surface area contributed by atoms with Gasteiger partial charge in [0.2, 0.25) is 0 Å². The molecular weight excluding hydrogens is 240 g/mol. The molecule has 0 saturated carbocycles. The van der Waals surface area contributed by atoms with E-state index < -0.39 is 10.0 Å². The van der Waals surface area contributed by atoms with E-state index in [1.165, 1.54) is 12.1 Å². The van der Waals surface area contributed by atoms with Gasteiger partial charge in [0.15, 0.2) is 0 Å². The van der Waals surface area contributed by atoms with Crippen molar-refractivity contribution in [1.29, 1.82) is 5.39 Å². The second kappa shape index (κ2) is 5.61. The van der Waals surface area contributed by atoms with Crippen molar-refractivity contribution in [2.45, 2.75) is 18.2 Å². The Morgan fingerprint density at radius 2 is 1.94 bits per heavy atom. The highest BCUT2D eigenvalue weighted by atomic mass is 32.2. The number of diazo groups is 1. The molecule has 7 heteroatoms. The van der Waals surface area contributed by atoms with Crippen molar-refractivity contribution < 1.29 is 8.42 Å². The van der Waals surface area contributed by atoms with Crippen LogP contribution in [0, 0.1) is 12.3 Å². The van der Waals surface area contributed by atoms with Crippen LogP contribution >= 0.6 is 0 Å². The van der Waals surface area contributed by atoms with Gasteiger partial charge < -0.3 is 5.73 Å². The van der Waals surface area contributed by atoms with Crippen LogP contribution in [0.4, 0.5) is 0 Å². The van der Waals surface area contributed by atoms with Crippen molar-refractivity contribution in [1.82, 2.24) is 4.41 Å². The van der Waals surface area contributed by atoms with E-state index in [-0.39, 0.29) is 11.4 Å². The monoisotopic (exact) mass is 255 g/mol. The normalized spacial score (nSPS) is 10.9. The molecule has 0 unspecified atom stereocenters. The van der Waals surface area contributed by atoms with E-state index in [2.05, 4.69) is 5.08 Å². The van der Waals surface area contributed by atoms with Crippen LogP contribution < -0.4 is 5.73 Å². The van der Waals surface area contributed by atoms with Gasteiger partial charge in [-0.3, -0.25) is 0 Å². The smallest absolute Gasteiger partial charge is 0.326 e. The van der Waals surface area contributed by atoms with E-state index in [0.717, 1.165) is 5.56 Å². The van der Waals surface area contributed by atoms with Crippen LogP contribution in [0.25, 0.3) is 5.08 Å². The van der Waals surface area contributed by atoms with Crippen molar-refractivity contribution >= 4 is 10.0 Å². The summed E-state index contributed by atoms with van der Waals surface area (Å²) in [5.41, 5.74) is 6.25. The molecule has 0 saturated heterocycles. The summed E-state index contributed by atoms with van der Waals surface area (Å²) >= 11 is 0. The predicted molar refractivity (Wildman–Crippen MR) is 63.8 cm³/mol. The molecule has 1 rings (SSSR count). The van der Waals surface area contributed by atoms with Crippen molar-refractivity contribution in [2.75, 3.05) is 13.1 Å². The highest BCUT2D eigenvalue weighted by Gasteiger charge is 2.32. The molecule has 0 aliphatic carbocycles. The summed E-state index contributed by atoms with van der Waals surface area (Å²) in [5, 5.41) is 11.5. The summed E-state index contributed by atoms with van der Waals surface area (Å²) in [6.07, 6.45) is 0.426. The van der Waals surface area contributed by atoms with Gasteiger partial charge in [0.25, 0.3) is 5.39 Å². The lowest BCUT2D eigenvalue weighted by Gasteiger charge is -2.05. The molecule has 6 nitrogen and oxygen atoms in total. The summed E-state index contributed by atoms with van der Waals surface area (Å²) in [4.78, 5) is 0.0953. The van der Waals surface area contributed by atoms with Crippen LogP contribution in [-0.4, -0.2) is 25.9 Å². The third kappa shape index (κ3) is 3.15. The minimum Gasteiger partial charge on any atom is -0.330 e. The maximum Gasteiger partial charge on any atom is 0.326 e. The third-order valence-electron chi connectivity index (χ3n) is 2.25. The average molecular weight is 255 g/mol. The first kappa shape index (κ1) is 13.4. The Balaban J connectivity index is 3.01. The quantitative estimate of drug-likeness (QED) is 0.630. The van der Waals surface area contributed by atoms with Gasteiger partial charge in [0.05, 0.1) is 9.31 Å². The van der Waals surface area contributed by atoms with Gasteiger partial charge in [0.1, 0.15) is 6.54 Å². The standard InChI is InChI=1S/C10H15N4O2S/c1-9-3-5-10(6-4-9)17(15,16)14(13-12)8-2-7-11/h3-6H,2,7-8,11H2,1H3/q+1. The highest BCUT2D eigenvalue weighted by molar-refractivity contribution is 7.89. The van der Waals surface area contributed by atoms with E-state index in [4.69, 9.17) is 11.1 Å². The fourth-order valence-electron chi connectivity index (χ4n) is 1.27. The number of rotatable bonds is 5. The Morgan fingerprint density at radius 3 is 2.41 bits per heavy atom. The molecule has 2 N–H and O–H groups in total. The summed E-state index contributed by atoms with van der Waals surface area (Å²) in [5.74, 6) is 0. The first-order valence-electron chi connectivity index (χ1n) is 5.17. The summed E-state index contributed by atoms with van der Waals surface area (Å²) in [6.45, 7) is 2.25. The third-order valence-corrected chi connectivity index (χ3v) is 3.93. The second-order valence-electron chi connectivity index (χ2n) is 3.60. The van der Waals surface area contributed by atoms with Crippen LogP contribution in [0.2, 0.25) is 0 Å². The second-order valence-corrected chi connectivity index (χ2v) is 5.44. The molecule has 1 aromatic rings. The summed E-state index contributed by atoms with van der Waals surface area (Å²) < 4.78 is 24.7. The van der Waals surface area contributed by atoms with Crippen LogP contribution in [-0.2, 0) is 10.0 Å². The maximum atomic E-state index is 12.0. The molecule has 92 valence electrons. The Hall–Kier alpha value is -1.65. The minimum absolute atomic E-state index is 0.0587. The van der Waals surface area contributed by atoms with Crippen LogP contribution in [0.1, 0.15) is 12.0 Å². The fraction of sp³-hybridized carbons (Fsp3) is 0.400. The Bertz CT molecular complexity index is 504. The zero-order valence-electron chi connectivity index (χ0n) is 9.57. The highest BCUT2D eigenvalue weighted by Crippen LogP contribution is 2.16. The predicted octanol–water partition coefficient (Wildman–Crippen LogP) is 1.10. The molecule has 1 aromatic carbocycles. The van der Waals surface area contributed by atoms with Crippen molar-refractivity contribution in [2.24, 2.45) is 5.73 Å². The van der Waals surface area contributed by atoms with Gasteiger partial charge in [-0.15, -0.1) is 0 Å². The number of hydrogen-bond acceptors (Lipinski definition) is 4. The largest absolute Gasteiger partial charge is 0.330 e. The van der Waals surface area contributed by atoms with Gasteiger partial charge >= 0.3 is 15.1 Å². The van der Waals surface area contributed by atoms with E-state index in [0.29, 0.717) is 17.4 Å². The maximum absolute atomic E-state index is 12.0. The van der Waals surface area contributed by atoms with E-state index in [1.807, 2.05) is 6.92 Å². The van der Waals surface area contributed by atoms with Crippen LogP contribution in [0.3, 0.4) is 0 Å². The topological polar surface area (TPSA) is 91.6 Å². The van der Waals surface area contributed by atoms with Gasteiger partial charge in [-0.25, -0.2) is 0 Å². The number of sulfonamides is 1. The Morgan fingerprint density at radius 1 is 1.35 bits per heavy atom. The summed E-state index contributed by atoms with van der Waals surface area (Å²) in [7, 11) is -3.78. The Kier molecular flexibility index (Phi) is 4.43. The lowest BCUT2D eigenvalue weighted by molar-refractivity contribution is 0.482. The van der Waals surface area contributed by atoms with Gasteiger partial charge in [-0.1, -0.05) is 17.7 Å². The molecule has 0 heterocycles. The molecule has 0 radical (unpaired) electrons. The molecule has 0 amide bonds. The molecule has 0 spiro atoms. The van der Waals surface area contributed by atoms with Crippen LogP contribution in [0.15, 0.2) is 29.2 Å². The average Bonchev–Trinajstić information content (AvgIpc) is 2.30. The van der Waals surface area contributed by atoms with E-state index in [1.54, 1.807) is 12.1 Å². The fourth-order valence-corrected chi connectivity index (χ4v) is 2.46. The number of aryl methyl sites for hydroxylation is 1. The van der Waals surface area contributed by atoms with Gasteiger partial charge in [-0.05, 0) is 32.0 Å². The molecule has 0 aliphatic heterocycles.